The summed E-state index contributed by atoms with van der Waals surface area (Å²) in [5, 5.41) is -0.401. The van der Waals surface area contributed by atoms with Gasteiger partial charge in [-0.05, 0) is 45.1 Å². The lowest BCUT2D eigenvalue weighted by Gasteiger charge is -2.61. The predicted octanol–water partition coefficient (Wildman–Crippen LogP) is 4.39. The number of imide groups is 1. The minimum atomic E-state index is -1.02. The number of fused-ring (bicyclic) bond motifs is 1. The summed E-state index contributed by atoms with van der Waals surface area (Å²) in [5.74, 6) is -0.697. The minimum absolute atomic E-state index is 0.00133. The maximum absolute atomic E-state index is 12.8. The van der Waals surface area contributed by atoms with E-state index in [0.717, 1.165) is 18.4 Å². The van der Waals surface area contributed by atoms with Gasteiger partial charge in [-0.15, -0.1) is 0 Å². The predicted molar refractivity (Wildman–Crippen MR) is 180 cm³/mol. The molecule has 1 aromatic rings. The molecule has 13 heteroatoms. The fourth-order valence-corrected chi connectivity index (χ4v) is 8.29. The molecule has 0 aromatic heterocycles. The van der Waals surface area contributed by atoms with E-state index in [1.54, 1.807) is 38.3 Å². The Balaban J connectivity index is 1.49. The van der Waals surface area contributed by atoms with Crippen molar-refractivity contribution in [2.75, 3.05) is 39.7 Å². The normalized spacial score (nSPS) is 30.7. The number of nitrogens with zero attached hydrogens (tertiary/aromatic N) is 1. The molecular formula is C36H49NO11S. The third kappa shape index (κ3) is 7.14. The van der Waals surface area contributed by atoms with Crippen LogP contribution >= 0.6 is 11.8 Å². The Morgan fingerprint density at radius 2 is 1.82 bits per heavy atom. The van der Waals surface area contributed by atoms with Crippen LogP contribution in [-0.2, 0) is 47.6 Å². The zero-order valence-corrected chi connectivity index (χ0v) is 30.5. The van der Waals surface area contributed by atoms with Crippen LogP contribution in [0.5, 0.6) is 5.75 Å². The molecule has 3 aliphatic heterocycles. The molecule has 1 aromatic carbocycles. The van der Waals surface area contributed by atoms with Crippen LogP contribution in [0.15, 0.2) is 35.9 Å². The number of hydrogen-bond acceptors (Lipinski definition) is 12. The van der Waals surface area contributed by atoms with Crippen LogP contribution in [0.1, 0.15) is 72.7 Å². The molecule has 0 bridgehead atoms. The number of carbonyl (C=O) groups is 4. The van der Waals surface area contributed by atoms with Gasteiger partial charge in [0, 0.05) is 36.7 Å². The third-order valence-corrected chi connectivity index (χ3v) is 11.8. The number of thioether (sulfide) groups is 1. The second-order valence-corrected chi connectivity index (χ2v) is 15.0. The fourth-order valence-electron chi connectivity index (χ4n) is 7.65. The van der Waals surface area contributed by atoms with Gasteiger partial charge in [0.05, 0.1) is 38.2 Å². The van der Waals surface area contributed by atoms with Crippen LogP contribution in [0.2, 0.25) is 0 Å². The smallest absolute Gasteiger partial charge is 0.302 e. The quantitative estimate of drug-likeness (QED) is 0.0893. The highest BCUT2D eigenvalue weighted by Gasteiger charge is 2.76. The highest BCUT2D eigenvalue weighted by molar-refractivity contribution is 8.00. The molecule has 4 aliphatic rings. The Morgan fingerprint density at radius 3 is 2.39 bits per heavy atom. The van der Waals surface area contributed by atoms with Crippen LogP contribution < -0.4 is 4.74 Å². The molecule has 1 spiro atoms. The molecule has 0 saturated carbocycles. The summed E-state index contributed by atoms with van der Waals surface area (Å²) in [6.07, 6.45) is 1.71. The average molecular weight is 704 g/mol. The van der Waals surface area contributed by atoms with E-state index in [4.69, 9.17) is 33.2 Å². The van der Waals surface area contributed by atoms with Crippen molar-refractivity contribution < 1.29 is 52.3 Å². The first-order chi connectivity index (χ1) is 23.2. The molecule has 3 saturated heterocycles. The second kappa shape index (κ2) is 14.7. The molecule has 49 heavy (non-hydrogen) atoms. The number of esters is 2. The minimum Gasteiger partial charge on any atom is -0.497 e. The molecule has 0 radical (unpaired) electrons. The van der Waals surface area contributed by atoms with Crippen LogP contribution in [0, 0.1) is 10.8 Å². The molecule has 3 heterocycles. The topological polar surface area (TPSA) is 139 Å². The molecule has 0 N–H and O–H groups in total. The van der Waals surface area contributed by atoms with Crippen LogP contribution in [0.3, 0.4) is 0 Å². The Labute approximate surface area is 292 Å². The summed E-state index contributed by atoms with van der Waals surface area (Å²) in [7, 11) is 1.57. The van der Waals surface area contributed by atoms with E-state index in [-0.39, 0.29) is 44.0 Å². The lowest BCUT2D eigenvalue weighted by Crippen LogP contribution is -2.70. The van der Waals surface area contributed by atoms with Gasteiger partial charge in [0.2, 0.25) is 11.8 Å². The zero-order valence-electron chi connectivity index (χ0n) is 29.6. The number of likely N-dealkylation sites (tertiary alicyclic amines) is 1. The molecule has 3 unspecified atom stereocenters. The monoisotopic (exact) mass is 703 g/mol. The standard InChI is InChI=1S/C36H49NO11S/c1-21-13-14-35(19-44-23(3)38)28(17-21)47-31(36(20-45-36)34(35,5)6)30(22(2)46-24(4)39)48-33(25-9-11-26(42-7)12-10-25)43-16-15-37-29(40)18-27(49-8)32(37)41/h9-12,17,22,27-28,30-31,33H,13-16,18-20H2,1-8H3/t22-,27?,28?,30+,31+,33?,35+,36-/m0/s1. The van der Waals surface area contributed by atoms with Crippen molar-refractivity contribution in [2.45, 2.75) is 102 Å². The SMILES string of the molecule is COc1ccc(C(OCCN2C(=O)CC(SC)C2=O)O[C@H]([C@H](C)OC(C)=O)[C@H]2OC3C=C(C)CC[C@]3(COC(C)=O)C(C)(C)[C@]23CO3)cc1. The van der Waals surface area contributed by atoms with Gasteiger partial charge in [-0.3, -0.25) is 24.1 Å². The third-order valence-electron chi connectivity index (χ3n) is 10.8. The highest BCUT2D eigenvalue weighted by Crippen LogP contribution is 2.66. The van der Waals surface area contributed by atoms with Crippen molar-refractivity contribution in [2.24, 2.45) is 10.8 Å². The Bertz CT molecular complexity index is 1440. The van der Waals surface area contributed by atoms with Crippen LogP contribution in [-0.4, -0.2) is 104 Å². The summed E-state index contributed by atoms with van der Waals surface area (Å²) >= 11 is 1.35. The molecule has 5 rings (SSSR count). The van der Waals surface area contributed by atoms with E-state index < -0.39 is 58.4 Å². The number of hydrogen-bond donors (Lipinski definition) is 0. The van der Waals surface area contributed by atoms with Crippen molar-refractivity contribution in [3.8, 4) is 5.75 Å². The highest BCUT2D eigenvalue weighted by atomic mass is 32.2. The summed E-state index contributed by atoms with van der Waals surface area (Å²) in [6.45, 7) is 11.4. The fraction of sp³-hybridized carbons (Fsp3) is 0.667. The molecule has 8 atom stereocenters. The second-order valence-electron chi connectivity index (χ2n) is 13.9. The van der Waals surface area contributed by atoms with Gasteiger partial charge in [0.25, 0.3) is 0 Å². The number of benzene rings is 1. The van der Waals surface area contributed by atoms with Crippen LogP contribution in [0.4, 0.5) is 0 Å². The van der Waals surface area contributed by atoms with Crippen molar-refractivity contribution in [3.05, 3.63) is 41.5 Å². The van der Waals surface area contributed by atoms with Crippen molar-refractivity contribution >= 4 is 35.5 Å². The molecule has 2 amide bonds. The number of allylic oxidation sites excluding steroid dienone is 1. The Kier molecular flexibility index (Phi) is 11.2. The summed E-state index contributed by atoms with van der Waals surface area (Å²) in [5.41, 5.74) is -0.243. The first-order valence-electron chi connectivity index (χ1n) is 16.7. The van der Waals surface area contributed by atoms with Gasteiger partial charge in [-0.2, -0.15) is 11.8 Å². The van der Waals surface area contributed by atoms with Gasteiger partial charge in [-0.1, -0.05) is 37.6 Å². The molecule has 12 nitrogen and oxygen atoms in total. The van der Waals surface area contributed by atoms with Crippen molar-refractivity contribution in [1.29, 1.82) is 0 Å². The van der Waals surface area contributed by atoms with Gasteiger partial charge < -0.3 is 33.2 Å². The summed E-state index contributed by atoms with van der Waals surface area (Å²) in [6, 6.07) is 7.17. The molecule has 270 valence electrons. The van der Waals surface area contributed by atoms with Gasteiger partial charge in [-0.25, -0.2) is 0 Å². The number of ether oxygens (including phenoxy) is 7. The maximum atomic E-state index is 12.8. The first kappa shape index (κ1) is 37.3. The van der Waals surface area contributed by atoms with Gasteiger partial charge in [0.15, 0.2) is 6.29 Å². The van der Waals surface area contributed by atoms with Crippen molar-refractivity contribution in [1.82, 2.24) is 4.90 Å². The van der Waals surface area contributed by atoms with E-state index >= 15 is 0 Å². The first-order valence-corrected chi connectivity index (χ1v) is 18.0. The average Bonchev–Trinajstić information content (AvgIpc) is 3.82. The van der Waals surface area contributed by atoms with E-state index in [0.29, 0.717) is 17.9 Å². The van der Waals surface area contributed by atoms with Crippen molar-refractivity contribution in [3.63, 3.8) is 0 Å². The Hall–Kier alpha value is -2.97. The largest absolute Gasteiger partial charge is 0.497 e. The summed E-state index contributed by atoms with van der Waals surface area (Å²) < 4.78 is 43.4. The summed E-state index contributed by atoms with van der Waals surface area (Å²) in [4.78, 5) is 51.1. The number of carbonyl (C=O) groups excluding carboxylic acids is 4. The zero-order chi connectivity index (χ0) is 35.7. The Morgan fingerprint density at radius 1 is 1.12 bits per heavy atom. The molecule has 1 aliphatic carbocycles. The number of methoxy groups -OCH3 is 1. The van der Waals surface area contributed by atoms with E-state index in [9.17, 15) is 19.2 Å². The van der Waals surface area contributed by atoms with E-state index in [2.05, 4.69) is 26.8 Å². The molecular weight excluding hydrogens is 654 g/mol. The lowest BCUT2D eigenvalue weighted by molar-refractivity contribution is -0.294. The van der Waals surface area contributed by atoms with E-state index in [1.807, 2.05) is 6.26 Å². The van der Waals surface area contributed by atoms with Gasteiger partial charge in [0.1, 0.15) is 36.3 Å². The van der Waals surface area contributed by atoms with Crippen LogP contribution in [0.25, 0.3) is 0 Å². The maximum Gasteiger partial charge on any atom is 0.302 e. The lowest BCUT2D eigenvalue weighted by atomic mass is 9.50. The number of rotatable bonds is 14. The van der Waals surface area contributed by atoms with E-state index in [1.165, 1.54) is 30.5 Å². The number of amides is 2. The molecule has 3 fully saturated rings. The number of epoxide rings is 1. The van der Waals surface area contributed by atoms with Gasteiger partial charge >= 0.3 is 11.9 Å².